The molecule has 7 nitrogen and oxygen atoms in total. The molecule has 0 saturated carbocycles. The fourth-order valence-corrected chi connectivity index (χ4v) is 4.93. The molecule has 1 aliphatic heterocycles. The molecule has 0 fully saturated rings. The molecule has 2 aromatic heterocycles. The highest BCUT2D eigenvalue weighted by molar-refractivity contribution is 7.17. The second kappa shape index (κ2) is 8.45. The number of hydrogen-bond acceptors (Lipinski definition) is 6. The minimum absolute atomic E-state index is 0.172. The van der Waals surface area contributed by atoms with Gasteiger partial charge in [-0.3, -0.25) is 14.4 Å². The molecule has 3 rings (SSSR count). The van der Waals surface area contributed by atoms with Crippen molar-refractivity contribution in [3.05, 3.63) is 33.5 Å². The van der Waals surface area contributed by atoms with Gasteiger partial charge in [-0.2, -0.15) is 5.10 Å². The number of thiophene rings is 1. The molecule has 1 amide bonds. The third kappa shape index (κ3) is 3.98. The van der Waals surface area contributed by atoms with Crippen molar-refractivity contribution in [1.29, 1.82) is 0 Å². The third-order valence-electron chi connectivity index (χ3n) is 4.94. The number of nitrogens with zero attached hydrogens (tertiary/aromatic N) is 3. The number of rotatable bonds is 6. The second-order valence-corrected chi connectivity index (χ2v) is 8.49. The summed E-state index contributed by atoms with van der Waals surface area (Å²) in [4.78, 5) is 28.7. The van der Waals surface area contributed by atoms with Crippen molar-refractivity contribution < 1.29 is 14.3 Å². The van der Waals surface area contributed by atoms with Gasteiger partial charge in [-0.1, -0.05) is 6.92 Å². The van der Waals surface area contributed by atoms with Crippen LogP contribution in [0.4, 0.5) is 5.00 Å². The lowest BCUT2D eigenvalue weighted by Crippen LogP contribution is -2.30. The summed E-state index contributed by atoms with van der Waals surface area (Å²) in [6, 6.07) is 1.94. The largest absolute Gasteiger partial charge is 0.465 e. The van der Waals surface area contributed by atoms with Crippen LogP contribution >= 0.6 is 11.3 Å². The quantitative estimate of drug-likeness (QED) is 0.744. The summed E-state index contributed by atoms with van der Waals surface area (Å²) in [6.07, 6.45) is 1.87. The van der Waals surface area contributed by atoms with Crippen molar-refractivity contribution in [3.63, 3.8) is 0 Å². The molecule has 0 radical (unpaired) electrons. The first-order chi connectivity index (χ1) is 13.3. The minimum Gasteiger partial charge on any atom is -0.465 e. The van der Waals surface area contributed by atoms with Crippen LogP contribution in [0.15, 0.2) is 6.07 Å². The van der Waals surface area contributed by atoms with E-state index in [9.17, 15) is 9.59 Å². The molecule has 1 aliphatic rings. The Morgan fingerprint density at radius 1 is 1.39 bits per heavy atom. The van der Waals surface area contributed by atoms with E-state index in [1.165, 1.54) is 18.4 Å². The number of nitrogens with one attached hydrogen (secondary N) is 1. The number of aromatic nitrogens is 2. The molecule has 0 atom stereocenters. The predicted octanol–water partition coefficient (Wildman–Crippen LogP) is 3.64. The first-order valence-corrected chi connectivity index (χ1v) is 10.5. The van der Waals surface area contributed by atoms with Gasteiger partial charge in [-0.25, -0.2) is 4.79 Å². The molecule has 0 aromatic carbocycles. The summed E-state index contributed by atoms with van der Waals surface area (Å²) >= 11 is 1.47. The maximum atomic E-state index is 12.8. The number of aryl methyl sites for hydroxylation is 1. The summed E-state index contributed by atoms with van der Waals surface area (Å²) in [5, 5.41) is 7.87. The van der Waals surface area contributed by atoms with Crippen LogP contribution in [0.3, 0.4) is 0 Å². The van der Waals surface area contributed by atoms with Gasteiger partial charge in [0.2, 0.25) is 0 Å². The third-order valence-corrected chi connectivity index (χ3v) is 6.07. The highest BCUT2D eigenvalue weighted by atomic mass is 32.1. The van der Waals surface area contributed by atoms with Gasteiger partial charge < -0.3 is 10.1 Å². The second-order valence-electron chi connectivity index (χ2n) is 7.39. The van der Waals surface area contributed by atoms with E-state index in [1.54, 1.807) is 6.07 Å². The number of esters is 1. The minimum atomic E-state index is -0.402. The molecular weight excluding hydrogens is 376 g/mol. The number of fused-ring (bicyclic) bond motifs is 1. The average molecular weight is 405 g/mol. The van der Waals surface area contributed by atoms with Crippen LogP contribution in [-0.4, -0.2) is 46.8 Å². The van der Waals surface area contributed by atoms with E-state index in [4.69, 9.17) is 4.74 Å². The molecule has 3 heterocycles. The van der Waals surface area contributed by atoms with Crippen LogP contribution in [0.2, 0.25) is 0 Å². The van der Waals surface area contributed by atoms with Crippen LogP contribution in [0, 0.1) is 6.92 Å². The van der Waals surface area contributed by atoms with E-state index in [-0.39, 0.29) is 11.9 Å². The molecule has 0 spiro atoms. The molecule has 0 saturated heterocycles. The van der Waals surface area contributed by atoms with Gasteiger partial charge in [0.25, 0.3) is 5.91 Å². The Kier molecular flexibility index (Phi) is 6.20. The molecule has 1 N–H and O–H groups in total. The summed E-state index contributed by atoms with van der Waals surface area (Å²) in [5.41, 5.74) is 2.77. The molecule has 28 heavy (non-hydrogen) atoms. The Labute approximate surface area is 169 Å². The fraction of sp³-hybridized carbons (Fsp3) is 0.550. The predicted molar refractivity (Wildman–Crippen MR) is 110 cm³/mol. The van der Waals surface area contributed by atoms with Gasteiger partial charge >= 0.3 is 5.97 Å². The molecule has 0 unspecified atom stereocenters. The van der Waals surface area contributed by atoms with E-state index in [0.717, 1.165) is 48.6 Å². The zero-order chi connectivity index (χ0) is 20.4. The molecular formula is C20H28N4O3S. The highest BCUT2D eigenvalue weighted by Gasteiger charge is 2.29. The molecule has 0 aliphatic carbocycles. The van der Waals surface area contributed by atoms with Crippen molar-refractivity contribution in [1.82, 2.24) is 14.7 Å². The van der Waals surface area contributed by atoms with Crippen LogP contribution in [0.25, 0.3) is 0 Å². The first kappa shape index (κ1) is 20.5. The zero-order valence-corrected chi connectivity index (χ0v) is 18.0. The van der Waals surface area contributed by atoms with E-state index in [2.05, 4.69) is 22.2 Å². The number of carbonyl (C=O) groups excluding carboxylic acids is 2. The molecule has 0 bridgehead atoms. The van der Waals surface area contributed by atoms with Gasteiger partial charge in [0.1, 0.15) is 5.00 Å². The monoisotopic (exact) mass is 404 g/mol. The van der Waals surface area contributed by atoms with Crippen molar-refractivity contribution in [3.8, 4) is 0 Å². The highest BCUT2D eigenvalue weighted by Crippen LogP contribution is 2.37. The van der Waals surface area contributed by atoms with Crippen molar-refractivity contribution >= 4 is 28.2 Å². The smallest absolute Gasteiger partial charge is 0.341 e. The lowest BCUT2D eigenvalue weighted by molar-refractivity contribution is 0.0600. The van der Waals surface area contributed by atoms with Gasteiger partial charge in [0.05, 0.1) is 12.7 Å². The topological polar surface area (TPSA) is 76.5 Å². The normalized spacial score (nSPS) is 14.2. The maximum absolute atomic E-state index is 12.8. The zero-order valence-electron chi connectivity index (χ0n) is 17.2. The number of hydrogen-bond donors (Lipinski definition) is 1. The lowest BCUT2D eigenvalue weighted by Gasteiger charge is -2.26. The van der Waals surface area contributed by atoms with E-state index < -0.39 is 5.97 Å². The fourth-order valence-electron chi connectivity index (χ4n) is 3.66. The summed E-state index contributed by atoms with van der Waals surface area (Å²) in [7, 11) is 1.37. The Morgan fingerprint density at radius 2 is 2.14 bits per heavy atom. The van der Waals surface area contributed by atoms with E-state index in [1.807, 2.05) is 25.5 Å². The summed E-state index contributed by atoms with van der Waals surface area (Å²) in [6.45, 7) is 10.9. The Bertz CT molecular complexity index is 884. The van der Waals surface area contributed by atoms with Crippen molar-refractivity contribution in [2.24, 2.45) is 0 Å². The number of methoxy groups -OCH3 is 1. The van der Waals surface area contributed by atoms with E-state index in [0.29, 0.717) is 16.3 Å². The van der Waals surface area contributed by atoms with Crippen molar-refractivity contribution in [2.75, 3.05) is 25.5 Å². The van der Waals surface area contributed by atoms with Crippen molar-refractivity contribution in [2.45, 2.75) is 53.1 Å². The Hall–Kier alpha value is -2.19. The van der Waals surface area contributed by atoms with Gasteiger partial charge in [-0.15, -0.1) is 11.3 Å². The first-order valence-electron chi connectivity index (χ1n) is 9.68. The van der Waals surface area contributed by atoms with Gasteiger partial charge in [0.15, 0.2) is 5.69 Å². The summed E-state index contributed by atoms with van der Waals surface area (Å²) in [5.74, 6) is -0.711. The average Bonchev–Trinajstić information content (AvgIpc) is 3.21. The molecule has 2 aromatic rings. The lowest BCUT2D eigenvalue weighted by atomic mass is 10.0. The van der Waals surface area contributed by atoms with Crippen LogP contribution in [-0.2, 0) is 17.7 Å². The van der Waals surface area contributed by atoms with Gasteiger partial charge in [-0.05, 0) is 51.8 Å². The van der Waals surface area contributed by atoms with E-state index >= 15 is 0 Å². The Balaban J connectivity index is 1.90. The molecule has 152 valence electrons. The Morgan fingerprint density at radius 3 is 2.75 bits per heavy atom. The molecule has 8 heteroatoms. The number of anilines is 1. The van der Waals surface area contributed by atoms with Gasteiger partial charge in [0, 0.05) is 29.7 Å². The number of carbonyl (C=O) groups is 2. The number of amides is 1. The maximum Gasteiger partial charge on any atom is 0.341 e. The standard InChI is InChI=1S/C20H28N4O3S/c1-6-8-23-9-7-14-16(11-23)28-19(17(14)20(26)27-5)21-18(25)15-10-13(4)24(22-15)12(2)3/h10,12H,6-9,11H2,1-5H3,(H,21,25). The summed E-state index contributed by atoms with van der Waals surface area (Å²) < 4.78 is 6.82. The van der Waals surface area contributed by atoms with Crippen LogP contribution in [0.1, 0.15) is 70.2 Å². The van der Waals surface area contributed by atoms with Crippen LogP contribution < -0.4 is 5.32 Å². The van der Waals surface area contributed by atoms with Crippen LogP contribution in [0.5, 0.6) is 0 Å². The SMILES string of the molecule is CCCN1CCc2c(sc(NC(=O)c3cc(C)n(C(C)C)n3)c2C(=O)OC)C1. The number of ether oxygens (including phenoxy) is 1.